The van der Waals surface area contributed by atoms with E-state index in [1.807, 2.05) is 0 Å². The highest BCUT2D eigenvalue weighted by Crippen LogP contribution is 2.54. The fraction of sp³-hybridized carbons (Fsp3) is 0.688. The molecule has 4 rings (SSSR count). The molecule has 2 aliphatic carbocycles. The van der Waals surface area contributed by atoms with Gasteiger partial charge in [-0.2, -0.15) is 4.31 Å². The maximum Gasteiger partial charge on any atom is 0.252 e. The van der Waals surface area contributed by atoms with Gasteiger partial charge in [0.2, 0.25) is 5.91 Å². The molecule has 0 spiro atoms. The first-order valence-corrected chi connectivity index (χ1v) is 10.8. The first-order valence-electron chi connectivity index (χ1n) is 8.50. The number of nitrogens with one attached hydrogen (secondary N) is 1. The molecule has 1 saturated heterocycles. The molecule has 2 atom stereocenters. The van der Waals surface area contributed by atoms with Crippen molar-refractivity contribution in [2.75, 3.05) is 26.3 Å². The molecule has 0 aromatic carbocycles. The number of sulfonamides is 1. The first kappa shape index (κ1) is 16.5. The molecule has 2 saturated carbocycles. The quantitative estimate of drug-likeness (QED) is 0.822. The van der Waals surface area contributed by atoms with E-state index in [9.17, 15) is 13.2 Å². The second-order valence-electron chi connectivity index (χ2n) is 6.80. The van der Waals surface area contributed by atoms with Crippen LogP contribution in [0.5, 0.6) is 0 Å². The van der Waals surface area contributed by atoms with Gasteiger partial charge in [0.1, 0.15) is 4.21 Å². The third-order valence-corrected chi connectivity index (χ3v) is 8.49. The highest BCUT2D eigenvalue weighted by molar-refractivity contribution is 7.91. The fourth-order valence-electron chi connectivity index (χ4n) is 3.37. The second-order valence-corrected chi connectivity index (χ2v) is 10.1. The third kappa shape index (κ3) is 3.37. The Morgan fingerprint density at radius 3 is 2.75 bits per heavy atom. The van der Waals surface area contributed by atoms with Crippen molar-refractivity contribution >= 4 is 27.3 Å². The maximum absolute atomic E-state index is 12.6. The number of morpholine rings is 1. The van der Waals surface area contributed by atoms with Crippen molar-refractivity contribution in [1.29, 1.82) is 0 Å². The molecule has 24 heavy (non-hydrogen) atoms. The van der Waals surface area contributed by atoms with Gasteiger partial charge in [0, 0.05) is 23.9 Å². The summed E-state index contributed by atoms with van der Waals surface area (Å²) in [4.78, 5) is 13.0. The van der Waals surface area contributed by atoms with E-state index in [4.69, 9.17) is 4.74 Å². The largest absolute Gasteiger partial charge is 0.379 e. The minimum absolute atomic E-state index is 0.123. The molecule has 1 aromatic heterocycles. The van der Waals surface area contributed by atoms with Crippen LogP contribution in [-0.4, -0.2) is 44.9 Å². The molecule has 1 amide bonds. The molecule has 132 valence electrons. The normalized spacial score (nSPS) is 27.8. The van der Waals surface area contributed by atoms with Crippen LogP contribution in [0.1, 0.15) is 24.1 Å². The summed E-state index contributed by atoms with van der Waals surface area (Å²) in [6.45, 7) is 2.09. The van der Waals surface area contributed by atoms with E-state index in [2.05, 4.69) is 5.32 Å². The van der Waals surface area contributed by atoms with E-state index in [1.54, 1.807) is 12.1 Å². The molecule has 0 unspecified atom stereocenters. The van der Waals surface area contributed by atoms with Crippen molar-refractivity contribution in [2.45, 2.75) is 30.0 Å². The minimum atomic E-state index is -3.44. The molecule has 0 bridgehead atoms. The minimum Gasteiger partial charge on any atom is -0.379 e. The van der Waals surface area contributed by atoms with Crippen molar-refractivity contribution in [3.05, 3.63) is 17.0 Å². The zero-order chi connectivity index (χ0) is 16.7. The van der Waals surface area contributed by atoms with Gasteiger partial charge in [-0.3, -0.25) is 4.79 Å². The third-order valence-electron chi connectivity index (χ3n) is 5.04. The zero-order valence-electron chi connectivity index (χ0n) is 13.4. The Kier molecular flexibility index (Phi) is 4.40. The van der Waals surface area contributed by atoms with Crippen molar-refractivity contribution < 1.29 is 17.9 Å². The number of rotatable bonds is 6. The Labute approximate surface area is 146 Å². The lowest BCUT2D eigenvalue weighted by Gasteiger charge is -2.25. The van der Waals surface area contributed by atoms with Crippen molar-refractivity contribution in [1.82, 2.24) is 9.62 Å². The molecule has 1 aliphatic heterocycles. The Hall–Kier alpha value is -0.960. The first-order chi connectivity index (χ1) is 11.6. The summed E-state index contributed by atoms with van der Waals surface area (Å²) in [5.41, 5.74) is 0. The molecule has 1 aromatic rings. The summed E-state index contributed by atoms with van der Waals surface area (Å²) in [7, 11) is -3.44. The van der Waals surface area contributed by atoms with Crippen LogP contribution in [0.15, 0.2) is 16.3 Å². The molecule has 2 heterocycles. The second kappa shape index (κ2) is 6.40. The predicted molar refractivity (Wildman–Crippen MR) is 90.1 cm³/mol. The number of ether oxygens (including phenoxy) is 1. The van der Waals surface area contributed by atoms with E-state index < -0.39 is 10.0 Å². The molecule has 0 radical (unpaired) electrons. The Balaban J connectivity index is 1.33. The average Bonchev–Trinajstić information content (AvgIpc) is 3.49. The summed E-state index contributed by atoms with van der Waals surface area (Å²) < 4.78 is 32.2. The summed E-state index contributed by atoms with van der Waals surface area (Å²) in [5, 5.41) is 2.96. The van der Waals surface area contributed by atoms with Crippen LogP contribution in [0.3, 0.4) is 0 Å². The molecular weight excluding hydrogens is 348 g/mol. The van der Waals surface area contributed by atoms with Crippen LogP contribution in [0.25, 0.3) is 0 Å². The number of thiophene rings is 1. The Morgan fingerprint density at radius 1 is 1.29 bits per heavy atom. The van der Waals surface area contributed by atoms with Gasteiger partial charge in [0.15, 0.2) is 0 Å². The number of carbonyl (C=O) groups is 1. The maximum atomic E-state index is 12.6. The van der Waals surface area contributed by atoms with Crippen molar-refractivity contribution in [3.63, 3.8) is 0 Å². The van der Waals surface area contributed by atoms with Gasteiger partial charge in [0.05, 0.1) is 19.8 Å². The number of hydrogen-bond donors (Lipinski definition) is 1. The van der Waals surface area contributed by atoms with Crippen LogP contribution >= 0.6 is 11.3 Å². The fourth-order valence-corrected chi connectivity index (χ4v) is 6.23. The van der Waals surface area contributed by atoms with Crippen molar-refractivity contribution in [2.24, 2.45) is 17.8 Å². The highest BCUT2D eigenvalue weighted by Gasteiger charge is 2.50. The van der Waals surface area contributed by atoms with Gasteiger partial charge in [0.25, 0.3) is 10.0 Å². The Morgan fingerprint density at radius 2 is 2.04 bits per heavy atom. The van der Waals surface area contributed by atoms with E-state index in [0.717, 1.165) is 17.2 Å². The number of carbonyl (C=O) groups excluding carboxylic acids is 1. The molecule has 3 fully saturated rings. The van der Waals surface area contributed by atoms with E-state index >= 15 is 0 Å². The zero-order valence-corrected chi connectivity index (χ0v) is 15.1. The Bertz CT molecular complexity index is 720. The van der Waals surface area contributed by atoms with Gasteiger partial charge in [-0.25, -0.2) is 8.42 Å². The summed E-state index contributed by atoms with van der Waals surface area (Å²) in [6, 6.07) is 3.44. The lowest BCUT2D eigenvalue weighted by molar-refractivity contribution is -0.122. The van der Waals surface area contributed by atoms with Crippen LogP contribution in [0.2, 0.25) is 0 Å². The average molecular weight is 370 g/mol. The van der Waals surface area contributed by atoms with Crippen LogP contribution in [0.4, 0.5) is 0 Å². The lowest BCUT2D eigenvalue weighted by atomic mass is 10.2. The van der Waals surface area contributed by atoms with Crippen LogP contribution in [0, 0.1) is 17.8 Å². The van der Waals surface area contributed by atoms with Crippen LogP contribution in [-0.2, 0) is 26.1 Å². The summed E-state index contributed by atoms with van der Waals surface area (Å²) >= 11 is 1.24. The van der Waals surface area contributed by atoms with E-state index in [1.165, 1.54) is 28.5 Å². The molecule has 8 heteroatoms. The van der Waals surface area contributed by atoms with Gasteiger partial charge in [-0.05, 0) is 43.2 Å². The number of amides is 1. The highest BCUT2D eigenvalue weighted by atomic mass is 32.2. The summed E-state index contributed by atoms with van der Waals surface area (Å²) in [6.07, 6.45) is 3.59. The molecular formula is C16H22N2O4S2. The van der Waals surface area contributed by atoms with E-state index in [0.29, 0.717) is 43.0 Å². The predicted octanol–water partition coefficient (Wildman–Crippen LogP) is 1.43. The van der Waals surface area contributed by atoms with Gasteiger partial charge in [-0.15, -0.1) is 11.3 Å². The molecule has 1 N–H and O–H groups in total. The topological polar surface area (TPSA) is 75.7 Å². The van der Waals surface area contributed by atoms with Crippen molar-refractivity contribution in [3.8, 4) is 0 Å². The molecule has 3 aliphatic rings. The number of nitrogens with zero attached hydrogens (tertiary/aromatic N) is 1. The lowest BCUT2D eigenvalue weighted by Crippen LogP contribution is -2.40. The molecule has 6 nitrogen and oxygen atoms in total. The smallest absolute Gasteiger partial charge is 0.252 e. The SMILES string of the molecule is O=C(NCc1ccc(S(=O)(=O)N2CCOCC2)s1)[C@H]1C[C@@H]1C1CC1. The number of hydrogen-bond acceptors (Lipinski definition) is 5. The van der Waals surface area contributed by atoms with E-state index in [-0.39, 0.29) is 11.8 Å². The van der Waals surface area contributed by atoms with Crippen LogP contribution < -0.4 is 5.32 Å². The monoisotopic (exact) mass is 370 g/mol. The standard InChI is InChI=1S/C16H22N2O4S2/c19-16(14-9-13(14)11-1-2-11)17-10-12-3-4-15(23-12)24(20,21)18-5-7-22-8-6-18/h3-4,11,13-14H,1-2,5-10H2,(H,17,19)/t13-,14+/m1/s1. The van der Waals surface area contributed by atoms with Gasteiger partial charge in [-0.1, -0.05) is 0 Å². The van der Waals surface area contributed by atoms with Gasteiger partial charge >= 0.3 is 0 Å². The van der Waals surface area contributed by atoms with Gasteiger partial charge < -0.3 is 10.1 Å². The summed E-state index contributed by atoms with van der Waals surface area (Å²) in [5.74, 6) is 1.70.